The van der Waals surface area contributed by atoms with Crippen LogP contribution >= 0.6 is 0 Å². The highest BCUT2D eigenvalue weighted by Crippen LogP contribution is 2.61. The Hall–Kier alpha value is -3.09. The molecule has 400 valence electrons. The van der Waals surface area contributed by atoms with Gasteiger partial charge in [-0.2, -0.15) is 5.06 Å². The number of rotatable bonds is 15. The van der Waals surface area contributed by atoms with Gasteiger partial charge in [0.1, 0.15) is 23.3 Å². The number of likely N-dealkylation sites (N-methyl/N-ethyl adjacent to an activating group) is 1. The van der Waals surface area contributed by atoms with Gasteiger partial charge in [-0.15, -0.1) is 0 Å². The summed E-state index contributed by atoms with van der Waals surface area (Å²) in [6, 6.07) is -1.27. The number of amides is 4. The number of nitrogens with one attached hydrogen (secondary N) is 4. The molecule has 7 aliphatic rings. The number of nitrogens with zero attached hydrogens (tertiary/aromatic N) is 3. The first-order chi connectivity index (χ1) is 32.9. The first kappa shape index (κ1) is 56.2. The van der Waals surface area contributed by atoms with E-state index in [1.54, 1.807) is 53.7 Å². The lowest BCUT2D eigenvalue weighted by molar-refractivity contribution is -0.193. The van der Waals surface area contributed by atoms with Crippen molar-refractivity contribution in [3.05, 3.63) is 0 Å². The van der Waals surface area contributed by atoms with E-state index in [2.05, 4.69) is 46.9 Å². The summed E-state index contributed by atoms with van der Waals surface area (Å²) in [6.45, 7) is 17.9. The van der Waals surface area contributed by atoms with Crippen LogP contribution in [0.15, 0.2) is 4.99 Å². The Morgan fingerprint density at radius 3 is 2.06 bits per heavy atom. The summed E-state index contributed by atoms with van der Waals surface area (Å²) in [4.78, 5) is 69.2. The van der Waals surface area contributed by atoms with Crippen LogP contribution in [-0.4, -0.2) is 145 Å². The number of hydrogen-bond donors (Lipinski definition) is 6. The largest absolute Gasteiger partial charge is 0.444 e. The predicted molar refractivity (Wildman–Crippen MR) is 268 cm³/mol. The number of alkyl carbamates (subject to hydrolysis) is 2. The Kier molecular flexibility index (Phi) is 19.1. The SMILES string of the molecule is COC1C(CN2O[C@@H](CO)[C@@H](CO)[C@H]2C(=O)N[C@H]2C[C@H]3C[C@@H]([C@@H]2C)C3(C)C)CCCC1C1CC(N=C(NC(=O)OC(C)(C)C)NC(=O)OC(C)(C)C)CC(C(=O)N[C@@H](CC2CCCCC2)CN(C)C)C1. The molecule has 1 aliphatic heterocycles. The van der Waals surface area contributed by atoms with Crippen LogP contribution in [0.5, 0.6) is 0 Å². The zero-order valence-corrected chi connectivity index (χ0v) is 44.9. The number of guanidine groups is 1. The van der Waals surface area contributed by atoms with Crippen molar-refractivity contribution in [2.75, 3.05) is 47.5 Å². The number of aliphatic imine (C=N–C) groups is 1. The Balaban J connectivity index is 1.26. The molecule has 7 rings (SSSR count). The van der Waals surface area contributed by atoms with E-state index >= 15 is 0 Å². The molecule has 17 nitrogen and oxygen atoms in total. The van der Waals surface area contributed by atoms with Crippen molar-refractivity contribution in [3.63, 3.8) is 0 Å². The third-order valence-electron chi connectivity index (χ3n) is 17.0. The van der Waals surface area contributed by atoms with Crippen molar-refractivity contribution in [3.8, 4) is 0 Å². The van der Waals surface area contributed by atoms with Crippen LogP contribution in [0, 0.1) is 58.7 Å². The molecule has 0 radical (unpaired) electrons. The number of aliphatic hydroxyl groups is 2. The summed E-state index contributed by atoms with van der Waals surface area (Å²) in [5.74, 6) is 0.510. The smallest absolute Gasteiger partial charge is 0.414 e. The average Bonchev–Trinajstić information content (AvgIpc) is 3.62. The fourth-order valence-electron chi connectivity index (χ4n) is 13.6. The lowest BCUT2D eigenvalue weighted by atomic mass is 9.45. The summed E-state index contributed by atoms with van der Waals surface area (Å²) in [7, 11) is 5.80. The summed E-state index contributed by atoms with van der Waals surface area (Å²) >= 11 is 0. The van der Waals surface area contributed by atoms with Crippen LogP contribution in [0.2, 0.25) is 0 Å². The standard InChI is InChI=1S/C53H93N7O10/c1-31-41-25-36(53(41,8)9)26-42(31)56-47(64)44-40(29-61)43(30-62)70-60(44)27-33-19-16-20-39(45(33)67-12)34-22-35(46(63)54-38(28-59(10)11)21-32-17-14-13-15-18-32)24-37(23-34)55-48(57-49(65)68-51(2,3)4)58-50(66)69-52(5,6)7/h31-45,61-62H,13-30H2,1-12H3,(H,54,63)(H,56,64)(H2,55,57,58,65,66)/t31-,33?,34?,35?,36+,37?,38-,39?,40+,41-,42-,43-,44-,45?/m0/s1. The third kappa shape index (κ3) is 14.6. The number of fused-ring (bicyclic) bond motifs is 2. The molecule has 6 unspecified atom stereocenters. The van der Waals surface area contributed by atoms with Crippen LogP contribution in [-0.2, 0) is 28.6 Å². The monoisotopic (exact) mass is 988 g/mol. The first-order valence-corrected chi connectivity index (χ1v) is 26.9. The maximum absolute atomic E-state index is 14.7. The fourth-order valence-corrected chi connectivity index (χ4v) is 13.6. The van der Waals surface area contributed by atoms with Crippen molar-refractivity contribution in [2.24, 2.45) is 63.7 Å². The molecule has 1 heterocycles. The molecule has 70 heavy (non-hydrogen) atoms. The van der Waals surface area contributed by atoms with Crippen LogP contribution < -0.4 is 21.3 Å². The van der Waals surface area contributed by atoms with Crippen molar-refractivity contribution >= 4 is 30.0 Å². The maximum Gasteiger partial charge on any atom is 0.414 e. The maximum atomic E-state index is 14.7. The zero-order valence-electron chi connectivity index (χ0n) is 44.9. The second kappa shape index (κ2) is 23.8. The van der Waals surface area contributed by atoms with Gasteiger partial charge in [-0.25, -0.2) is 14.6 Å². The summed E-state index contributed by atoms with van der Waals surface area (Å²) < 4.78 is 17.6. The molecular weight excluding hydrogens is 895 g/mol. The molecule has 0 aromatic carbocycles. The molecule has 4 amide bonds. The van der Waals surface area contributed by atoms with Gasteiger partial charge in [0.05, 0.1) is 25.4 Å². The van der Waals surface area contributed by atoms with E-state index in [0.717, 1.165) is 38.6 Å². The van der Waals surface area contributed by atoms with Crippen molar-refractivity contribution in [2.45, 2.75) is 200 Å². The second-order valence-corrected chi connectivity index (χ2v) is 25.1. The summed E-state index contributed by atoms with van der Waals surface area (Å²) in [5.41, 5.74) is -1.37. The molecular formula is C53H93N7O10. The lowest BCUT2D eigenvalue weighted by Crippen LogP contribution is -2.62. The molecule has 0 aromatic rings. The minimum absolute atomic E-state index is 0.00624. The average molecular weight is 988 g/mol. The quantitative estimate of drug-likeness (QED) is 0.0778. The number of hydrogen-bond acceptors (Lipinski definition) is 13. The summed E-state index contributed by atoms with van der Waals surface area (Å²) in [6.07, 6.45) is 10.6. The van der Waals surface area contributed by atoms with Crippen LogP contribution in [0.3, 0.4) is 0 Å². The molecule has 6 N–H and O–H groups in total. The minimum atomic E-state index is -0.818. The van der Waals surface area contributed by atoms with Gasteiger partial charge < -0.3 is 40.0 Å². The topological polar surface area (TPSA) is 213 Å². The van der Waals surface area contributed by atoms with E-state index in [-0.39, 0.29) is 72.3 Å². The van der Waals surface area contributed by atoms with Gasteiger partial charge in [-0.05, 0) is 148 Å². The Bertz CT molecular complexity index is 1760. The molecule has 14 atom stereocenters. The number of carbonyl (C=O) groups excluding carboxylic acids is 4. The molecule has 0 spiro atoms. The van der Waals surface area contributed by atoms with E-state index in [4.69, 9.17) is 24.0 Å². The van der Waals surface area contributed by atoms with E-state index in [0.29, 0.717) is 49.5 Å². The number of hydroxylamine groups is 2. The summed E-state index contributed by atoms with van der Waals surface area (Å²) in [5, 5.41) is 35.1. The predicted octanol–water partition coefficient (Wildman–Crippen LogP) is 6.40. The normalized spacial score (nSPS) is 34.1. The van der Waals surface area contributed by atoms with Crippen molar-refractivity contribution in [1.82, 2.24) is 31.2 Å². The molecule has 2 bridgehead atoms. The van der Waals surface area contributed by atoms with Crippen LogP contribution in [0.1, 0.15) is 152 Å². The van der Waals surface area contributed by atoms with Crippen molar-refractivity contribution in [1.29, 1.82) is 0 Å². The number of methoxy groups -OCH3 is 1. The van der Waals surface area contributed by atoms with E-state index < -0.39 is 53.4 Å². The Morgan fingerprint density at radius 1 is 0.843 bits per heavy atom. The minimum Gasteiger partial charge on any atom is -0.444 e. The van der Waals surface area contributed by atoms with Gasteiger partial charge in [0, 0.05) is 50.0 Å². The molecule has 6 aliphatic carbocycles. The van der Waals surface area contributed by atoms with Gasteiger partial charge in [0.2, 0.25) is 17.8 Å². The highest BCUT2D eigenvalue weighted by atomic mass is 16.7. The first-order valence-electron chi connectivity index (χ1n) is 26.9. The molecule has 17 heteroatoms. The Labute approximate surface area is 419 Å². The molecule has 1 saturated heterocycles. The van der Waals surface area contributed by atoms with Gasteiger partial charge in [0.25, 0.3) is 0 Å². The third-order valence-corrected chi connectivity index (χ3v) is 17.0. The van der Waals surface area contributed by atoms with Gasteiger partial charge in [-0.1, -0.05) is 59.3 Å². The molecule has 6 saturated carbocycles. The van der Waals surface area contributed by atoms with Crippen LogP contribution in [0.4, 0.5) is 9.59 Å². The van der Waals surface area contributed by atoms with Gasteiger partial charge in [0.15, 0.2) is 0 Å². The second-order valence-electron chi connectivity index (χ2n) is 25.1. The highest BCUT2D eigenvalue weighted by molar-refractivity contribution is 6.01. The Morgan fingerprint density at radius 2 is 1.50 bits per heavy atom. The lowest BCUT2D eigenvalue weighted by Gasteiger charge is -2.62. The number of ether oxygens (including phenoxy) is 3. The molecule has 0 aromatic heterocycles. The van der Waals surface area contributed by atoms with Gasteiger partial charge >= 0.3 is 12.2 Å². The van der Waals surface area contributed by atoms with Crippen molar-refractivity contribution < 1.29 is 48.4 Å². The fraction of sp³-hybridized carbons (Fsp3) is 0.906. The number of aliphatic hydroxyl groups excluding tert-OH is 2. The van der Waals surface area contributed by atoms with Crippen LogP contribution in [0.25, 0.3) is 0 Å². The van der Waals surface area contributed by atoms with E-state index in [1.165, 1.54) is 38.5 Å². The number of carbonyl (C=O) groups is 4. The van der Waals surface area contributed by atoms with E-state index in [9.17, 15) is 29.4 Å². The van der Waals surface area contributed by atoms with E-state index in [1.807, 2.05) is 14.1 Å². The van der Waals surface area contributed by atoms with Gasteiger partial charge in [-0.3, -0.25) is 25.1 Å². The molecule has 7 fully saturated rings. The highest BCUT2D eigenvalue weighted by Gasteiger charge is 2.57. The zero-order chi connectivity index (χ0) is 51.3.